The van der Waals surface area contributed by atoms with Gasteiger partial charge in [-0.05, 0) is 37.2 Å². The Bertz CT molecular complexity index is 1140. The standard InChI is InChI=1S/C25H28N2O4/c1-30-23-11-5-3-8-19(23)22(29)13-14-26-15-17(28)16-31-24-12-6-10-21-25(24)18-7-2-4-9-20(18)27-21/h2-12,17,22,26-29H,13-16H2,1H3. The van der Waals surface area contributed by atoms with Crippen molar-refractivity contribution in [1.29, 1.82) is 0 Å². The number of hydrogen-bond donors (Lipinski definition) is 4. The summed E-state index contributed by atoms with van der Waals surface area (Å²) in [6, 6.07) is 21.4. The number of rotatable bonds is 10. The van der Waals surface area contributed by atoms with Gasteiger partial charge in [-0.25, -0.2) is 0 Å². The fourth-order valence-electron chi connectivity index (χ4n) is 3.84. The molecule has 1 heterocycles. The summed E-state index contributed by atoms with van der Waals surface area (Å²) >= 11 is 0. The van der Waals surface area contributed by atoms with Crippen molar-refractivity contribution in [1.82, 2.24) is 10.3 Å². The van der Waals surface area contributed by atoms with Crippen molar-refractivity contribution in [3.05, 3.63) is 72.3 Å². The molecule has 0 aliphatic heterocycles. The maximum Gasteiger partial charge on any atom is 0.129 e. The van der Waals surface area contributed by atoms with Gasteiger partial charge in [-0.3, -0.25) is 0 Å². The molecular formula is C25H28N2O4. The molecule has 1 aromatic heterocycles. The Hall–Kier alpha value is -3.06. The van der Waals surface area contributed by atoms with Crippen molar-refractivity contribution in [3.8, 4) is 11.5 Å². The second-order valence-corrected chi connectivity index (χ2v) is 7.56. The summed E-state index contributed by atoms with van der Waals surface area (Å²) in [7, 11) is 1.59. The number of H-pyrrole nitrogens is 1. The van der Waals surface area contributed by atoms with E-state index in [2.05, 4.69) is 16.4 Å². The van der Waals surface area contributed by atoms with E-state index in [4.69, 9.17) is 9.47 Å². The van der Waals surface area contributed by atoms with Gasteiger partial charge >= 0.3 is 0 Å². The third-order valence-corrected chi connectivity index (χ3v) is 5.40. The molecule has 0 bridgehead atoms. The van der Waals surface area contributed by atoms with Crippen LogP contribution >= 0.6 is 0 Å². The molecule has 3 aromatic carbocycles. The second kappa shape index (κ2) is 9.83. The highest BCUT2D eigenvalue weighted by molar-refractivity contribution is 6.10. The van der Waals surface area contributed by atoms with E-state index in [0.717, 1.165) is 33.1 Å². The van der Waals surface area contributed by atoms with Gasteiger partial charge in [0.2, 0.25) is 0 Å². The number of fused-ring (bicyclic) bond motifs is 3. The number of ether oxygens (including phenoxy) is 2. The molecule has 0 saturated carbocycles. The van der Waals surface area contributed by atoms with Crippen molar-refractivity contribution in [2.45, 2.75) is 18.6 Å². The van der Waals surface area contributed by atoms with E-state index in [-0.39, 0.29) is 6.61 Å². The number of aliphatic hydroxyl groups is 2. The average molecular weight is 421 g/mol. The number of nitrogens with one attached hydrogen (secondary N) is 2. The third kappa shape index (κ3) is 4.82. The van der Waals surface area contributed by atoms with Gasteiger partial charge < -0.3 is 30.0 Å². The Morgan fingerprint density at radius 3 is 2.52 bits per heavy atom. The average Bonchev–Trinajstić information content (AvgIpc) is 3.19. The SMILES string of the molecule is COc1ccccc1C(O)CCNCC(O)COc1cccc2[nH]c3ccccc3c12. The van der Waals surface area contributed by atoms with Crippen LogP contribution in [0.25, 0.3) is 21.8 Å². The van der Waals surface area contributed by atoms with Crippen molar-refractivity contribution < 1.29 is 19.7 Å². The van der Waals surface area contributed by atoms with Gasteiger partial charge in [-0.15, -0.1) is 0 Å². The lowest BCUT2D eigenvalue weighted by molar-refractivity contribution is 0.104. The zero-order valence-corrected chi connectivity index (χ0v) is 17.5. The summed E-state index contributed by atoms with van der Waals surface area (Å²) < 4.78 is 11.2. The van der Waals surface area contributed by atoms with Crippen LogP contribution in [0.3, 0.4) is 0 Å². The largest absolute Gasteiger partial charge is 0.496 e. The highest BCUT2D eigenvalue weighted by Gasteiger charge is 2.14. The van der Waals surface area contributed by atoms with E-state index in [9.17, 15) is 10.2 Å². The molecule has 0 aliphatic carbocycles. The summed E-state index contributed by atoms with van der Waals surface area (Å²) in [5, 5.41) is 26.1. The van der Waals surface area contributed by atoms with Gasteiger partial charge in [0.15, 0.2) is 0 Å². The van der Waals surface area contributed by atoms with Crippen LogP contribution in [0.5, 0.6) is 11.5 Å². The maximum atomic E-state index is 10.4. The molecule has 0 saturated heterocycles. The first-order valence-corrected chi connectivity index (χ1v) is 10.5. The van der Waals surface area contributed by atoms with E-state index in [0.29, 0.717) is 25.3 Å². The first-order chi connectivity index (χ1) is 15.2. The molecule has 162 valence electrons. The van der Waals surface area contributed by atoms with Gasteiger partial charge in [0, 0.05) is 28.4 Å². The Labute approximate surface area is 181 Å². The molecule has 0 radical (unpaired) electrons. The highest BCUT2D eigenvalue weighted by Crippen LogP contribution is 2.33. The first kappa shape index (κ1) is 21.2. The molecule has 6 nitrogen and oxygen atoms in total. The van der Waals surface area contributed by atoms with Crippen LogP contribution in [-0.2, 0) is 0 Å². The molecule has 0 aliphatic rings. The molecule has 6 heteroatoms. The summed E-state index contributed by atoms with van der Waals surface area (Å²) in [5.74, 6) is 1.43. The monoisotopic (exact) mass is 420 g/mol. The summed E-state index contributed by atoms with van der Waals surface area (Å²) in [6.07, 6.45) is -0.775. The molecule has 0 amide bonds. The van der Waals surface area contributed by atoms with Crippen molar-refractivity contribution in [2.24, 2.45) is 0 Å². The van der Waals surface area contributed by atoms with Gasteiger partial charge in [0.25, 0.3) is 0 Å². The van der Waals surface area contributed by atoms with Gasteiger partial charge in [-0.1, -0.05) is 42.5 Å². The highest BCUT2D eigenvalue weighted by atomic mass is 16.5. The van der Waals surface area contributed by atoms with E-state index >= 15 is 0 Å². The first-order valence-electron chi connectivity index (χ1n) is 10.5. The normalized spacial score (nSPS) is 13.4. The van der Waals surface area contributed by atoms with E-state index in [1.807, 2.05) is 60.7 Å². The number of benzene rings is 3. The van der Waals surface area contributed by atoms with Gasteiger partial charge in [-0.2, -0.15) is 0 Å². The number of para-hydroxylation sites is 2. The Morgan fingerprint density at radius 2 is 1.65 bits per heavy atom. The van der Waals surface area contributed by atoms with Crippen LogP contribution in [0.15, 0.2) is 66.7 Å². The number of hydrogen-bond acceptors (Lipinski definition) is 5. The molecule has 31 heavy (non-hydrogen) atoms. The van der Waals surface area contributed by atoms with E-state index in [1.54, 1.807) is 7.11 Å². The Kier molecular flexibility index (Phi) is 6.72. The minimum Gasteiger partial charge on any atom is -0.496 e. The van der Waals surface area contributed by atoms with Crippen LogP contribution in [0.4, 0.5) is 0 Å². The molecule has 0 spiro atoms. The predicted molar refractivity (Wildman–Crippen MR) is 123 cm³/mol. The van der Waals surface area contributed by atoms with Gasteiger partial charge in [0.05, 0.1) is 18.7 Å². The number of aromatic nitrogens is 1. The van der Waals surface area contributed by atoms with Crippen LogP contribution in [0.1, 0.15) is 18.1 Å². The smallest absolute Gasteiger partial charge is 0.129 e. The molecule has 2 atom stereocenters. The molecule has 0 fully saturated rings. The van der Waals surface area contributed by atoms with Crippen LogP contribution in [0, 0.1) is 0 Å². The number of methoxy groups -OCH3 is 1. The van der Waals surface area contributed by atoms with E-state index < -0.39 is 12.2 Å². The minimum atomic E-state index is -0.663. The quantitative estimate of drug-likeness (QED) is 0.293. The zero-order valence-electron chi connectivity index (χ0n) is 17.5. The van der Waals surface area contributed by atoms with Crippen LogP contribution in [0.2, 0.25) is 0 Å². The topological polar surface area (TPSA) is 86.7 Å². The molecule has 4 rings (SSSR count). The lowest BCUT2D eigenvalue weighted by Crippen LogP contribution is -2.32. The summed E-state index contributed by atoms with van der Waals surface area (Å²) in [6.45, 7) is 1.12. The fourth-order valence-corrected chi connectivity index (χ4v) is 3.84. The fraction of sp³-hybridized carbons (Fsp3) is 0.280. The van der Waals surface area contributed by atoms with Gasteiger partial charge in [0.1, 0.15) is 24.2 Å². The van der Waals surface area contributed by atoms with Crippen molar-refractivity contribution in [3.63, 3.8) is 0 Å². The van der Waals surface area contributed by atoms with Crippen LogP contribution < -0.4 is 14.8 Å². The number of aliphatic hydroxyl groups excluding tert-OH is 2. The third-order valence-electron chi connectivity index (χ3n) is 5.40. The lowest BCUT2D eigenvalue weighted by Gasteiger charge is -2.16. The number of aromatic amines is 1. The van der Waals surface area contributed by atoms with Crippen molar-refractivity contribution in [2.75, 3.05) is 26.8 Å². The van der Waals surface area contributed by atoms with E-state index in [1.165, 1.54) is 0 Å². The van der Waals surface area contributed by atoms with Crippen LogP contribution in [-0.4, -0.2) is 48.1 Å². The summed E-state index contributed by atoms with van der Waals surface area (Å²) in [5.41, 5.74) is 2.84. The Morgan fingerprint density at radius 1 is 0.903 bits per heavy atom. The summed E-state index contributed by atoms with van der Waals surface area (Å²) in [4.78, 5) is 3.39. The molecule has 4 aromatic rings. The Balaban J connectivity index is 1.28. The second-order valence-electron chi connectivity index (χ2n) is 7.56. The maximum absolute atomic E-state index is 10.4. The minimum absolute atomic E-state index is 0.181. The molecule has 4 N–H and O–H groups in total. The zero-order chi connectivity index (χ0) is 21.6. The molecular weight excluding hydrogens is 392 g/mol. The molecule has 2 unspecified atom stereocenters. The predicted octanol–water partition coefficient (Wildman–Crippen LogP) is 3.78. The van der Waals surface area contributed by atoms with Crippen molar-refractivity contribution >= 4 is 21.8 Å². The lowest BCUT2D eigenvalue weighted by atomic mass is 10.1.